The molecule has 0 aliphatic heterocycles. The Balaban J connectivity index is 1.65. The van der Waals surface area contributed by atoms with Crippen molar-refractivity contribution in [3.8, 4) is 11.4 Å². The molecule has 5 aromatic rings. The Bertz CT molecular complexity index is 1540. The predicted octanol–water partition coefficient (Wildman–Crippen LogP) is 5.21. The first-order chi connectivity index (χ1) is 17.1. The first kappa shape index (κ1) is 21.8. The van der Waals surface area contributed by atoms with Crippen molar-refractivity contribution in [2.75, 3.05) is 5.32 Å². The zero-order valence-corrected chi connectivity index (χ0v) is 18.4. The third kappa shape index (κ3) is 4.58. The SMILES string of the molecule is O=c1c2ccccc2nc(-c2ccccc2)n1OC(Nc1ccccc1)c1ccc([N+](=O)[O-])cc1. The van der Waals surface area contributed by atoms with Gasteiger partial charge in [-0.05, 0) is 36.4 Å². The highest BCUT2D eigenvalue weighted by Gasteiger charge is 2.21. The lowest BCUT2D eigenvalue weighted by Gasteiger charge is -2.24. The van der Waals surface area contributed by atoms with Crippen LogP contribution in [-0.4, -0.2) is 14.6 Å². The number of benzene rings is 4. The van der Waals surface area contributed by atoms with E-state index in [-0.39, 0.29) is 11.2 Å². The minimum Gasteiger partial charge on any atom is -0.379 e. The van der Waals surface area contributed by atoms with E-state index in [0.29, 0.717) is 27.9 Å². The molecule has 1 heterocycles. The second-order valence-corrected chi connectivity index (χ2v) is 7.76. The van der Waals surface area contributed by atoms with Gasteiger partial charge in [-0.25, -0.2) is 4.98 Å². The standard InChI is InChI=1S/C27H20N4O4/c32-27-23-13-7-8-14-24(23)29-25(19-9-3-1-4-10-19)30(27)35-26(28-21-11-5-2-6-12-21)20-15-17-22(18-16-20)31(33)34/h1-18,26,28H. The minimum atomic E-state index is -0.846. The average Bonchev–Trinajstić information content (AvgIpc) is 2.91. The van der Waals surface area contributed by atoms with Crippen molar-refractivity contribution in [3.63, 3.8) is 0 Å². The Morgan fingerprint density at radius 3 is 2.14 bits per heavy atom. The summed E-state index contributed by atoms with van der Waals surface area (Å²) in [5, 5.41) is 14.8. The van der Waals surface area contributed by atoms with Gasteiger partial charge in [-0.1, -0.05) is 60.7 Å². The normalized spacial score (nSPS) is 11.7. The Morgan fingerprint density at radius 1 is 0.829 bits per heavy atom. The summed E-state index contributed by atoms with van der Waals surface area (Å²) in [6, 6.07) is 31.7. The highest BCUT2D eigenvalue weighted by atomic mass is 16.7. The Labute approximate surface area is 200 Å². The van der Waals surface area contributed by atoms with Crippen LogP contribution in [0.1, 0.15) is 11.8 Å². The van der Waals surface area contributed by atoms with Gasteiger partial charge in [0.1, 0.15) is 0 Å². The largest absolute Gasteiger partial charge is 0.379 e. The number of hydrogen-bond acceptors (Lipinski definition) is 6. The van der Waals surface area contributed by atoms with Crippen LogP contribution in [0.15, 0.2) is 114 Å². The molecule has 5 rings (SSSR count). The molecule has 4 aromatic carbocycles. The van der Waals surface area contributed by atoms with Crippen LogP contribution in [0.3, 0.4) is 0 Å². The van der Waals surface area contributed by atoms with E-state index in [1.165, 1.54) is 16.9 Å². The van der Waals surface area contributed by atoms with Gasteiger partial charge < -0.3 is 10.2 Å². The molecule has 0 saturated heterocycles. The van der Waals surface area contributed by atoms with Crippen LogP contribution >= 0.6 is 0 Å². The van der Waals surface area contributed by atoms with E-state index in [1.54, 1.807) is 30.3 Å². The topological polar surface area (TPSA) is 99.3 Å². The first-order valence-corrected chi connectivity index (χ1v) is 10.9. The molecule has 0 bridgehead atoms. The average molecular weight is 464 g/mol. The number of para-hydroxylation sites is 2. The van der Waals surface area contributed by atoms with Crippen molar-refractivity contribution in [2.45, 2.75) is 6.23 Å². The molecule has 0 spiro atoms. The van der Waals surface area contributed by atoms with E-state index in [0.717, 1.165) is 5.69 Å². The molecule has 1 aromatic heterocycles. The van der Waals surface area contributed by atoms with Crippen LogP contribution in [0.4, 0.5) is 11.4 Å². The van der Waals surface area contributed by atoms with Crippen LogP contribution in [0.2, 0.25) is 0 Å². The van der Waals surface area contributed by atoms with E-state index in [1.807, 2.05) is 66.7 Å². The maximum absolute atomic E-state index is 13.6. The molecule has 1 N–H and O–H groups in total. The fourth-order valence-electron chi connectivity index (χ4n) is 3.72. The number of nitro benzene ring substituents is 1. The second-order valence-electron chi connectivity index (χ2n) is 7.76. The van der Waals surface area contributed by atoms with E-state index in [4.69, 9.17) is 9.82 Å². The van der Waals surface area contributed by atoms with Gasteiger partial charge in [0.05, 0.1) is 15.8 Å². The Hall–Kier alpha value is -4.98. The summed E-state index contributed by atoms with van der Waals surface area (Å²) in [5.41, 5.74) is 2.20. The number of nitro groups is 1. The van der Waals surface area contributed by atoms with E-state index >= 15 is 0 Å². The molecular formula is C27H20N4O4. The van der Waals surface area contributed by atoms with Gasteiger partial charge in [0.2, 0.25) is 6.23 Å². The minimum absolute atomic E-state index is 0.0401. The molecule has 8 heteroatoms. The molecule has 0 saturated carbocycles. The molecule has 8 nitrogen and oxygen atoms in total. The number of hydrogen-bond donors (Lipinski definition) is 1. The van der Waals surface area contributed by atoms with Crippen LogP contribution in [0.5, 0.6) is 0 Å². The summed E-state index contributed by atoms with van der Waals surface area (Å²) in [6.45, 7) is 0. The summed E-state index contributed by atoms with van der Waals surface area (Å²) >= 11 is 0. The number of nitrogens with zero attached hydrogens (tertiary/aromatic N) is 3. The summed E-state index contributed by atoms with van der Waals surface area (Å²) in [7, 11) is 0. The van der Waals surface area contributed by atoms with Gasteiger partial charge in [0.25, 0.3) is 11.2 Å². The fourth-order valence-corrected chi connectivity index (χ4v) is 3.72. The molecule has 0 aliphatic rings. The first-order valence-electron chi connectivity index (χ1n) is 10.9. The molecule has 172 valence electrons. The van der Waals surface area contributed by atoms with Crippen molar-refractivity contribution in [1.82, 2.24) is 9.71 Å². The number of non-ortho nitro benzene ring substituents is 1. The molecule has 1 unspecified atom stereocenters. The number of aromatic nitrogens is 2. The van der Waals surface area contributed by atoms with Crippen molar-refractivity contribution >= 4 is 22.3 Å². The summed E-state index contributed by atoms with van der Waals surface area (Å²) < 4.78 is 1.18. The summed E-state index contributed by atoms with van der Waals surface area (Å²) in [5.74, 6) is 0.344. The van der Waals surface area contributed by atoms with Crippen LogP contribution in [0.25, 0.3) is 22.3 Å². The maximum atomic E-state index is 13.6. The van der Waals surface area contributed by atoms with Gasteiger partial charge >= 0.3 is 0 Å². The molecule has 0 aliphatic carbocycles. The van der Waals surface area contributed by atoms with Gasteiger partial charge in [-0.2, -0.15) is 0 Å². The summed E-state index contributed by atoms with van der Waals surface area (Å²) in [4.78, 5) is 35.3. The van der Waals surface area contributed by atoms with Gasteiger partial charge in [-0.3, -0.25) is 14.9 Å². The fraction of sp³-hybridized carbons (Fsp3) is 0.0370. The molecular weight excluding hydrogens is 444 g/mol. The Morgan fingerprint density at radius 2 is 1.46 bits per heavy atom. The Kier molecular flexibility index (Phi) is 5.92. The number of nitrogens with one attached hydrogen (secondary N) is 1. The monoisotopic (exact) mass is 464 g/mol. The zero-order chi connectivity index (χ0) is 24.2. The zero-order valence-electron chi connectivity index (χ0n) is 18.4. The van der Waals surface area contributed by atoms with Crippen molar-refractivity contribution in [1.29, 1.82) is 0 Å². The summed E-state index contributed by atoms with van der Waals surface area (Å²) in [6.07, 6.45) is -0.846. The third-order valence-corrected chi connectivity index (χ3v) is 5.46. The van der Waals surface area contributed by atoms with Gasteiger partial charge in [-0.15, -0.1) is 4.73 Å². The molecule has 0 radical (unpaired) electrons. The van der Waals surface area contributed by atoms with Crippen LogP contribution in [0, 0.1) is 10.1 Å². The van der Waals surface area contributed by atoms with Crippen molar-refractivity contribution in [2.24, 2.45) is 0 Å². The van der Waals surface area contributed by atoms with Crippen molar-refractivity contribution < 1.29 is 9.76 Å². The number of anilines is 1. The van der Waals surface area contributed by atoms with Gasteiger partial charge in [0.15, 0.2) is 5.82 Å². The molecule has 35 heavy (non-hydrogen) atoms. The van der Waals surface area contributed by atoms with E-state index in [9.17, 15) is 14.9 Å². The highest BCUT2D eigenvalue weighted by molar-refractivity contribution is 5.79. The molecule has 0 amide bonds. The highest BCUT2D eigenvalue weighted by Crippen LogP contribution is 2.24. The number of fused-ring (bicyclic) bond motifs is 1. The maximum Gasteiger partial charge on any atom is 0.294 e. The van der Waals surface area contributed by atoms with E-state index in [2.05, 4.69) is 5.32 Å². The third-order valence-electron chi connectivity index (χ3n) is 5.46. The lowest BCUT2D eigenvalue weighted by molar-refractivity contribution is -0.384. The lowest BCUT2D eigenvalue weighted by atomic mass is 10.1. The van der Waals surface area contributed by atoms with E-state index < -0.39 is 11.2 Å². The molecule has 1 atom stereocenters. The second kappa shape index (κ2) is 9.48. The van der Waals surface area contributed by atoms with Gasteiger partial charge in [0, 0.05) is 28.9 Å². The number of rotatable bonds is 7. The van der Waals surface area contributed by atoms with Crippen LogP contribution < -0.4 is 15.7 Å². The quantitative estimate of drug-likeness (QED) is 0.202. The lowest BCUT2D eigenvalue weighted by Crippen LogP contribution is -2.34. The predicted molar refractivity (Wildman–Crippen MR) is 134 cm³/mol. The smallest absolute Gasteiger partial charge is 0.294 e. The van der Waals surface area contributed by atoms with Crippen molar-refractivity contribution in [3.05, 3.63) is 135 Å². The molecule has 0 fully saturated rings. The van der Waals surface area contributed by atoms with Crippen LogP contribution in [-0.2, 0) is 0 Å².